The van der Waals surface area contributed by atoms with Crippen LogP contribution in [0.1, 0.15) is 12.5 Å². The molecule has 1 N–H and O–H groups in total. The molecule has 0 radical (unpaired) electrons. The van der Waals surface area contributed by atoms with Crippen molar-refractivity contribution >= 4 is 21.4 Å². The fraction of sp³-hybridized carbons (Fsp3) is 0.222. The van der Waals surface area contributed by atoms with E-state index < -0.39 is 54.7 Å². The van der Waals surface area contributed by atoms with Gasteiger partial charge in [0.2, 0.25) is 0 Å². The lowest BCUT2D eigenvalue weighted by molar-refractivity contribution is -0.160. The number of benzene rings is 2. The Morgan fingerprint density at radius 2 is 1.62 bits per heavy atom. The summed E-state index contributed by atoms with van der Waals surface area (Å²) in [5.74, 6) is -4.04. The Morgan fingerprint density at radius 3 is 2.07 bits per heavy atom. The molecule has 0 saturated carbocycles. The summed E-state index contributed by atoms with van der Waals surface area (Å²) in [5.41, 5.74) is -3.63. The Bertz CT molecular complexity index is 1040. The third-order valence-corrected chi connectivity index (χ3v) is 5.75. The largest absolute Gasteiger partial charge is 0.491 e. The van der Waals surface area contributed by atoms with Gasteiger partial charge < -0.3 is 5.11 Å². The van der Waals surface area contributed by atoms with Crippen LogP contribution in [-0.4, -0.2) is 37.1 Å². The van der Waals surface area contributed by atoms with Crippen molar-refractivity contribution in [3.05, 3.63) is 59.9 Å². The number of halogens is 4. The van der Waals surface area contributed by atoms with Gasteiger partial charge >= 0.3 is 6.30 Å². The van der Waals surface area contributed by atoms with E-state index in [2.05, 4.69) is 0 Å². The molecule has 0 heterocycles. The lowest BCUT2D eigenvalue weighted by Gasteiger charge is -2.32. The molecule has 2 aromatic carbocycles. The first-order valence-corrected chi connectivity index (χ1v) is 9.55. The predicted molar refractivity (Wildman–Crippen MR) is 93.8 cm³/mol. The molecule has 2 rings (SSSR count). The predicted octanol–water partition coefficient (Wildman–Crippen LogP) is 2.78. The quantitative estimate of drug-likeness (QED) is 0.447. The fourth-order valence-electron chi connectivity index (χ4n) is 2.46. The average molecular weight is 430 g/mol. The Morgan fingerprint density at radius 1 is 1.10 bits per heavy atom. The van der Waals surface area contributed by atoms with E-state index in [4.69, 9.17) is 5.26 Å². The topological polar surface area (TPSA) is 98.5 Å². The number of hydrogen-bond donors (Lipinski definition) is 1. The highest BCUT2D eigenvalue weighted by Gasteiger charge is 2.50. The second kappa shape index (κ2) is 7.81. The molecule has 29 heavy (non-hydrogen) atoms. The molecule has 1 amide bonds. The molecule has 11 heteroatoms. The maximum absolute atomic E-state index is 13.5. The van der Waals surface area contributed by atoms with Crippen LogP contribution >= 0.6 is 0 Å². The minimum atomic E-state index is -5.28. The highest BCUT2D eigenvalue weighted by atomic mass is 32.2. The minimum absolute atomic E-state index is 0.0361. The highest BCUT2D eigenvalue weighted by Crippen LogP contribution is 2.32. The van der Waals surface area contributed by atoms with Crippen LogP contribution in [0.15, 0.2) is 53.4 Å². The summed E-state index contributed by atoms with van der Waals surface area (Å²) < 4.78 is 78.3. The Kier molecular flexibility index (Phi) is 6.01. The van der Waals surface area contributed by atoms with Gasteiger partial charge in [0.15, 0.2) is 15.4 Å². The van der Waals surface area contributed by atoms with Crippen molar-refractivity contribution in [2.75, 3.05) is 10.7 Å². The van der Waals surface area contributed by atoms with Crippen LogP contribution in [0.5, 0.6) is 0 Å². The molecule has 6 nitrogen and oxygen atoms in total. The summed E-state index contributed by atoms with van der Waals surface area (Å²) in [4.78, 5) is 11.3. The zero-order valence-corrected chi connectivity index (χ0v) is 15.6. The zero-order valence-electron chi connectivity index (χ0n) is 14.8. The molecular formula is C18H14F4N2O4S. The van der Waals surface area contributed by atoms with Crippen LogP contribution in [0.3, 0.4) is 0 Å². The summed E-state index contributed by atoms with van der Waals surface area (Å²) in [7, 11) is -4.43. The number of nitrogens with zero attached hydrogens (tertiary/aromatic N) is 2. The zero-order chi connectivity index (χ0) is 22.0. The van der Waals surface area contributed by atoms with Crippen LogP contribution in [-0.2, 0) is 14.6 Å². The van der Waals surface area contributed by atoms with Gasteiger partial charge in [-0.1, -0.05) is 0 Å². The first kappa shape index (κ1) is 22.3. The van der Waals surface area contributed by atoms with Gasteiger partial charge in [-0.25, -0.2) is 17.7 Å². The van der Waals surface area contributed by atoms with E-state index in [0.717, 1.165) is 48.5 Å². The second-order valence-electron chi connectivity index (χ2n) is 6.25. The second-order valence-corrected chi connectivity index (χ2v) is 8.24. The van der Waals surface area contributed by atoms with Crippen molar-refractivity contribution in [2.45, 2.75) is 23.7 Å². The number of anilines is 1. The average Bonchev–Trinajstić information content (AvgIpc) is 2.60. The third-order valence-electron chi connectivity index (χ3n) is 3.82. The minimum Gasteiger partial charge on any atom is -0.379 e. The number of amides is 1. The van der Waals surface area contributed by atoms with E-state index in [1.807, 2.05) is 0 Å². The number of carbonyl (C=O) groups excluding carboxylic acids is 1. The van der Waals surface area contributed by atoms with Crippen molar-refractivity contribution in [3.63, 3.8) is 0 Å². The number of rotatable bonds is 5. The summed E-state index contributed by atoms with van der Waals surface area (Å²) in [6.07, 6.45) is -5.28. The number of carbonyl (C=O) groups is 1. The number of aliphatic hydroxyl groups is 1. The fourth-order valence-corrected chi connectivity index (χ4v) is 4.04. The van der Waals surface area contributed by atoms with Crippen molar-refractivity contribution in [1.82, 2.24) is 0 Å². The maximum Gasteiger partial charge on any atom is 0.491 e. The standard InChI is InChI=1S/C18H14F4N2O4S/c1-17(26,11-29(27,28)15-8-4-13(19)5-9-15)16(25)24(18(20,21)22)14-6-2-12(10-23)3-7-14/h2-9,26H,11H2,1H3. The Balaban J connectivity index is 2.40. The Hall–Kier alpha value is -2.97. The molecule has 2 aromatic rings. The van der Waals surface area contributed by atoms with Crippen LogP contribution in [0.25, 0.3) is 0 Å². The smallest absolute Gasteiger partial charge is 0.379 e. The molecule has 0 aromatic heterocycles. The number of nitriles is 1. The molecule has 0 spiro atoms. The molecule has 1 atom stereocenters. The third kappa shape index (κ3) is 5.10. The van der Waals surface area contributed by atoms with Crippen molar-refractivity contribution < 1.29 is 35.9 Å². The van der Waals surface area contributed by atoms with E-state index in [9.17, 15) is 35.9 Å². The molecule has 0 aliphatic carbocycles. The van der Waals surface area contributed by atoms with Crippen LogP contribution in [0, 0.1) is 17.1 Å². The van der Waals surface area contributed by atoms with Gasteiger partial charge in [-0.15, -0.1) is 13.2 Å². The number of alkyl halides is 3. The number of sulfone groups is 1. The van der Waals surface area contributed by atoms with Crippen molar-refractivity contribution in [2.24, 2.45) is 0 Å². The van der Waals surface area contributed by atoms with Gasteiger partial charge in [0.1, 0.15) is 5.82 Å². The summed E-state index contributed by atoms with van der Waals surface area (Å²) in [6.45, 7) is 0.638. The molecule has 154 valence electrons. The first-order valence-electron chi connectivity index (χ1n) is 7.90. The van der Waals surface area contributed by atoms with E-state index in [0.29, 0.717) is 6.92 Å². The van der Waals surface area contributed by atoms with Gasteiger partial charge in [-0.2, -0.15) is 5.26 Å². The summed E-state index contributed by atoms with van der Waals surface area (Å²) >= 11 is 0. The van der Waals surface area contributed by atoms with E-state index in [1.165, 1.54) is 0 Å². The molecule has 0 saturated heterocycles. The van der Waals surface area contributed by atoms with Gasteiger partial charge in [-0.05, 0) is 55.5 Å². The molecule has 0 fully saturated rings. The monoisotopic (exact) mass is 430 g/mol. The normalized spacial score (nSPS) is 14.0. The maximum atomic E-state index is 13.5. The van der Waals surface area contributed by atoms with Crippen molar-refractivity contribution in [3.8, 4) is 6.07 Å². The molecule has 0 bridgehead atoms. The molecule has 1 unspecified atom stereocenters. The van der Waals surface area contributed by atoms with E-state index in [1.54, 1.807) is 6.07 Å². The summed E-state index contributed by atoms with van der Waals surface area (Å²) in [6, 6.07) is 8.83. The van der Waals surface area contributed by atoms with E-state index in [-0.39, 0.29) is 5.56 Å². The van der Waals surface area contributed by atoms with Gasteiger partial charge in [0.05, 0.1) is 28.0 Å². The SMILES string of the molecule is CC(O)(CS(=O)(=O)c1ccc(F)cc1)C(=O)N(c1ccc(C#N)cc1)C(F)(F)F. The lowest BCUT2D eigenvalue weighted by atomic mass is 10.1. The molecular weight excluding hydrogens is 416 g/mol. The van der Waals surface area contributed by atoms with Gasteiger partial charge in [0.25, 0.3) is 5.91 Å². The van der Waals surface area contributed by atoms with Gasteiger partial charge in [0, 0.05) is 0 Å². The lowest BCUT2D eigenvalue weighted by Crippen LogP contribution is -2.56. The molecule has 0 aliphatic heterocycles. The van der Waals surface area contributed by atoms with Crippen LogP contribution in [0.4, 0.5) is 23.2 Å². The van der Waals surface area contributed by atoms with Crippen LogP contribution < -0.4 is 4.90 Å². The van der Waals surface area contributed by atoms with Gasteiger partial charge in [-0.3, -0.25) is 4.79 Å². The summed E-state index contributed by atoms with van der Waals surface area (Å²) in [5, 5.41) is 19.1. The van der Waals surface area contributed by atoms with Crippen molar-refractivity contribution in [1.29, 1.82) is 5.26 Å². The van der Waals surface area contributed by atoms with E-state index >= 15 is 0 Å². The number of hydrogen-bond acceptors (Lipinski definition) is 5. The van der Waals surface area contributed by atoms with Crippen LogP contribution in [0.2, 0.25) is 0 Å². The Labute approximate surface area is 163 Å². The first-order chi connectivity index (χ1) is 13.3. The molecule has 0 aliphatic rings. The highest BCUT2D eigenvalue weighted by molar-refractivity contribution is 7.91.